The quantitative estimate of drug-likeness (QED) is 0.394. The van der Waals surface area contributed by atoms with Crippen LogP contribution in [0.3, 0.4) is 0 Å². The molecule has 0 aliphatic rings. The molecule has 3 aromatic carbocycles. The third kappa shape index (κ3) is 3.69. The molecule has 1 amide bonds. The predicted octanol–water partition coefficient (Wildman–Crippen LogP) is 4.08. The molecule has 8 nitrogen and oxygen atoms in total. The lowest BCUT2D eigenvalue weighted by atomic mass is 10.0. The number of carbonyl (C=O) groups is 1. The minimum Gasteiger partial charge on any atom is -0.382 e. The third-order valence-electron chi connectivity index (χ3n) is 5.25. The molecule has 0 radical (unpaired) electrons. The Balaban J connectivity index is 1.63. The average molecular weight is 423 g/mol. The van der Waals surface area contributed by atoms with Crippen LogP contribution in [-0.4, -0.2) is 31.1 Å². The number of nitrogens with zero attached hydrogens (tertiary/aromatic N) is 4. The zero-order chi connectivity index (χ0) is 22.1. The van der Waals surface area contributed by atoms with Crippen molar-refractivity contribution in [2.24, 2.45) is 0 Å². The van der Waals surface area contributed by atoms with E-state index in [0.717, 1.165) is 44.7 Å². The van der Waals surface area contributed by atoms with E-state index in [9.17, 15) is 4.79 Å². The number of rotatable bonds is 5. The molecule has 5 aromatic rings. The number of nitrogen functional groups attached to an aromatic ring is 1. The molecule has 0 saturated heterocycles. The number of amides is 1. The van der Waals surface area contributed by atoms with Crippen LogP contribution in [0.1, 0.15) is 12.5 Å². The summed E-state index contributed by atoms with van der Waals surface area (Å²) in [5.41, 5.74) is 12.2. The third-order valence-corrected chi connectivity index (χ3v) is 5.25. The zero-order valence-electron chi connectivity index (χ0n) is 17.4. The minimum atomic E-state index is -0.111. The molecule has 0 unspecified atom stereocenters. The molecule has 2 heterocycles. The second-order valence-electron chi connectivity index (χ2n) is 7.56. The van der Waals surface area contributed by atoms with Crippen LogP contribution in [0, 0.1) is 0 Å². The Morgan fingerprint density at radius 3 is 2.53 bits per heavy atom. The molecule has 0 atom stereocenters. The summed E-state index contributed by atoms with van der Waals surface area (Å²) < 4.78 is 1.89. The van der Waals surface area contributed by atoms with Gasteiger partial charge >= 0.3 is 0 Å². The van der Waals surface area contributed by atoms with Crippen LogP contribution in [0.25, 0.3) is 33.4 Å². The highest BCUT2D eigenvalue weighted by Gasteiger charge is 2.18. The number of anilines is 2. The lowest BCUT2D eigenvalue weighted by molar-refractivity contribution is -0.114. The van der Waals surface area contributed by atoms with Gasteiger partial charge in [0.15, 0.2) is 5.82 Å². The van der Waals surface area contributed by atoms with Gasteiger partial charge in [0.25, 0.3) is 0 Å². The van der Waals surface area contributed by atoms with Gasteiger partial charge in [-0.3, -0.25) is 9.89 Å². The molecule has 8 heteroatoms. The number of hydrogen-bond acceptors (Lipinski definition) is 5. The number of carbonyl (C=O) groups excluding carboxylic acids is 1. The van der Waals surface area contributed by atoms with E-state index in [1.165, 1.54) is 6.92 Å². The standard InChI is InChI=1S/C24H21N7O/c1-15(32)26-19-10-7-17(8-11-19)23-22(18-9-12-21-20(13-18)24(25)29-27-21)28-30-31(23)14-16-5-3-2-4-6-16/h2-13H,14H2,1H3,(H,26,32)(H3,25,27,29). The molecule has 0 aliphatic carbocycles. The van der Waals surface area contributed by atoms with E-state index < -0.39 is 0 Å². The first-order valence-electron chi connectivity index (χ1n) is 10.2. The Kier molecular flexibility index (Phi) is 4.87. The summed E-state index contributed by atoms with van der Waals surface area (Å²) in [7, 11) is 0. The van der Waals surface area contributed by atoms with Gasteiger partial charge in [0.05, 0.1) is 17.8 Å². The predicted molar refractivity (Wildman–Crippen MR) is 125 cm³/mol. The molecular formula is C24H21N7O. The maximum absolute atomic E-state index is 11.4. The van der Waals surface area contributed by atoms with E-state index in [4.69, 9.17) is 5.73 Å². The van der Waals surface area contributed by atoms with Crippen LogP contribution in [0.15, 0.2) is 72.8 Å². The monoisotopic (exact) mass is 423 g/mol. The van der Waals surface area contributed by atoms with Crippen molar-refractivity contribution in [3.8, 4) is 22.5 Å². The van der Waals surface area contributed by atoms with E-state index in [1.54, 1.807) is 0 Å². The van der Waals surface area contributed by atoms with Crippen molar-refractivity contribution < 1.29 is 4.79 Å². The molecular weight excluding hydrogens is 402 g/mol. The fourth-order valence-corrected chi connectivity index (χ4v) is 3.76. The first-order chi connectivity index (χ1) is 15.6. The topological polar surface area (TPSA) is 115 Å². The molecule has 2 aromatic heterocycles. The largest absolute Gasteiger partial charge is 0.382 e. The number of benzene rings is 3. The van der Waals surface area contributed by atoms with Gasteiger partial charge in [0, 0.05) is 29.1 Å². The summed E-state index contributed by atoms with van der Waals surface area (Å²) in [5, 5.41) is 19.6. The minimum absolute atomic E-state index is 0.111. The van der Waals surface area contributed by atoms with E-state index >= 15 is 0 Å². The summed E-state index contributed by atoms with van der Waals surface area (Å²) in [5.74, 6) is 0.333. The Hall–Kier alpha value is -4.46. The van der Waals surface area contributed by atoms with Gasteiger partial charge in [0.2, 0.25) is 5.91 Å². The second-order valence-corrected chi connectivity index (χ2v) is 7.56. The van der Waals surface area contributed by atoms with Gasteiger partial charge in [-0.05, 0) is 29.8 Å². The van der Waals surface area contributed by atoms with E-state index in [2.05, 4.69) is 38.0 Å². The van der Waals surface area contributed by atoms with Crippen LogP contribution in [0.5, 0.6) is 0 Å². The van der Waals surface area contributed by atoms with Crippen molar-refractivity contribution in [1.29, 1.82) is 0 Å². The molecule has 158 valence electrons. The number of nitrogens with one attached hydrogen (secondary N) is 2. The molecule has 0 bridgehead atoms. The Bertz CT molecular complexity index is 1400. The average Bonchev–Trinajstić information content (AvgIpc) is 3.38. The van der Waals surface area contributed by atoms with Crippen molar-refractivity contribution in [2.45, 2.75) is 13.5 Å². The van der Waals surface area contributed by atoms with Crippen LogP contribution in [0.2, 0.25) is 0 Å². The Morgan fingerprint density at radius 2 is 1.78 bits per heavy atom. The van der Waals surface area contributed by atoms with Crippen molar-refractivity contribution in [3.05, 3.63) is 78.4 Å². The summed E-state index contributed by atoms with van der Waals surface area (Å²) in [6.07, 6.45) is 0. The first-order valence-corrected chi connectivity index (χ1v) is 10.2. The highest BCUT2D eigenvalue weighted by Crippen LogP contribution is 2.33. The number of aromatic amines is 1. The van der Waals surface area contributed by atoms with Gasteiger partial charge < -0.3 is 11.1 Å². The fraction of sp³-hybridized carbons (Fsp3) is 0.0833. The van der Waals surface area contributed by atoms with Crippen LogP contribution >= 0.6 is 0 Å². The molecule has 32 heavy (non-hydrogen) atoms. The highest BCUT2D eigenvalue weighted by atomic mass is 16.1. The lowest BCUT2D eigenvalue weighted by Gasteiger charge is -2.10. The molecule has 4 N–H and O–H groups in total. The summed E-state index contributed by atoms with van der Waals surface area (Å²) in [4.78, 5) is 11.4. The van der Waals surface area contributed by atoms with Gasteiger partial charge in [-0.25, -0.2) is 4.68 Å². The van der Waals surface area contributed by atoms with E-state index in [-0.39, 0.29) is 5.91 Å². The number of nitrogens with two attached hydrogens (primary N) is 1. The Morgan fingerprint density at radius 1 is 1.03 bits per heavy atom. The fourth-order valence-electron chi connectivity index (χ4n) is 3.76. The zero-order valence-corrected chi connectivity index (χ0v) is 17.4. The van der Waals surface area contributed by atoms with Crippen molar-refractivity contribution in [2.75, 3.05) is 11.1 Å². The highest BCUT2D eigenvalue weighted by molar-refractivity contribution is 5.93. The summed E-state index contributed by atoms with van der Waals surface area (Å²) in [6, 6.07) is 23.7. The maximum Gasteiger partial charge on any atom is 0.221 e. The van der Waals surface area contributed by atoms with Crippen LogP contribution < -0.4 is 11.1 Å². The molecule has 0 fully saturated rings. The smallest absolute Gasteiger partial charge is 0.221 e. The number of aromatic nitrogens is 5. The second kappa shape index (κ2) is 7.99. The van der Waals surface area contributed by atoms with Crippen LogP contribution in [-0.2, 0) is 11.3 Å². The van der Waals surface area contributed by atoms with Crippen molar-refractivity contribution in [3.63, 3.8) is 0 Å². The van der Waals surface area contributed by atoms with Crippen LogP contribution in [0.4, 0.5) is 11.5 Å². The molecule has 0 spiro atoms. The number of fused-ring (bicyclic) bond motifs is 1. The van der Waals surface area contributed by atoms with E-state index in [0.29, 0.717) is 12.4 Å². The van der Waals surface area contributed by atoms with Gasteiger partial charge in [-0.2, -0.15) is 5.10 Å². The molecule has 0 aliphatic heterocycles. The van der Waals surface area contributed by atoms with Crippen molar-refractivity contribution in [1.82, 2.24) is 25.2 Å². The summed E-state index contributed by atoms with van der Waals surface area (Å²) >= 11 is 0. The van der Waals surface area contributed by atoms with E-state index in [1.807, 2.05) is 65.3 Å². The molecule has 0 saturated carbocycles. The van der Waals surface area contributed by atoms with Gasteiger partial charge in [-0.15, -0.1) is 5.10 Å². The number of hydrogen-bond donors (Lipinski definition) is 3. The summed E-state index contributed by atoms with van der Waals surface area (Å²) in [6.45, 7) is 2.06. The normalized spacial score (nSPS) is 11.0. The maximum atomic E-state index is 11.4. The van der Waals surface area contributed by atoms with Crippen molar-refractivity contribution >= 4 is 28.3 Å². The molecule has 5 rings (SSSR count). The van der Waals surface area contributed by atoms with Gasteiger partial charge in [0.1, 0.15) is 5.69 Å². The number of H-pyrrole nitrogens is 1. The van der Waals surface area contributed by atoms with Gasteiger partial charge in [-0.1, -0.05) is 53.7 Å². The SMILES string of the molecule is CC(=O)Nc1ccc(-c2c(-c3ccc4[nH]nc(N)c4c3)nnn2Cc2ccccc2)cc1. The Labute approximate surface area is 184 Å². The lowest BCUT2D eigenvalue weighted by Crippen LogP contribution is -2.06. The first kappa shape index (κ1) is 19.5.